The summed E-state index contributed by atoms with van der Waals surface area (Å²) in [4.78, 5) is 10.8. The van der Waals surface area contributed by atoms with Crippen molar-refractivity contribution in [2.45, 2.75) is 31.7 Å². The molecule has 1 aromatic rings. The maximum atomic E-state index is 10.8. The van der Waals surface area contributed by atoms with Gasteiger partial charge < -0.3 is 10.4 Å². The number of aliphatic carboxylic acids is 1. The van der Waals surface area contributed by atoms with Crippen molar-refractivity contribution in [2.75, 3.05) is 5.32 Å². The Bertz CT molecular complexity index is 443. The number of carboxylic acids is 1. The smallest absolute Gasteiger partial charge is 0.306 e. The first-order valence-corrected chi connectivity index (χ1v) is 6.76. The fourth-order valence-electron chi connectivity index (χ4n) is 2.31. The van der Waals surface area contributed by atoms with Crippen LogP contribution < -0.4 is 5.32 Å². The second-order valence-electron chi connectivity index (χ2n) is 4.66. The third-order valence-electron chi connectivity index (χ3n) is 3.37. The summed E-state index contributed by atoms with van der Waals surface area (Å²) in [5.41, 5.74) is 0.933. The number of anilines is 1. The molecule has 0 aromatic heterocycles. The standard InChI is InChI=1S/C13H15Cl2NO2/c14-11-6-5-10(7-12(11)15)16-9-3-1-8(2-4-9)13(17)18/h5-9,16H,1-4H2,(H,17,18). The van der Waals surface area contributed by atoms with Crippen molar-refractivity contribution >= 4 is 34.9 Å². The van der Waals surface area contributed by atoms with Crippen molar-refractivity contribution in [1.82, 2.24) is 0 Å². The number of hydrogen-bond donors (Lipinski definition) is 2. The van der Waals surface area contributed by atoms with Crippen LogP contribution in [0.15, 0.2) is 18.2 Å². The molecule has 98 valence electrons. The van der Waals surface area contributed by atoms with Gasteiger partial charge in [0, 0.05) is 11.7 Å². The lowest BCUT2D eigenvalue weighted by atomic mass is 9.86. The summed E-state index contributed by atoms with van der Waals surface area (Å²) in [5.74, 6) is -0.861. The van der Waals surface area contributed by atoms with Crippen LogP contribution in [0.25, 0.3) is 0 Å². The molecule has 0 bridgehead atoms. The first kappa shape index (κ1) is 13.5. The van der Waals surface area contributed by atoms with Crippen LogP contribution in [0, 0.1) is 5.92 Å². The molecule has 18 heavy (non-hydrogen) atoms. The number of rotatable bonds is 3. The van der Waals surface area contributed by atoms with Crippen molar-refractivity contribution in [3.8, 4) is 0 Å². The molecule has 1 aliphatic rings. The lowest BCUT2D eigenvalue weighted by Crippen LogP contribution is -2.29. The van der Waals surface area contributed by atoms with Gasteiger partial charge in [-0.1, -0.05) is 23.2 Å². The Labute approximate surface area is 116 Å². The molecule has 1 fully saturated rings. The Balaban J connectivity index is 1.91. The van der Waals surface area contributed by atoms with Crippen molar-refractivity contribution in [3.63, 3.8) is 0 Å². The second-order valence-corrected chi connectivity index (χ2v) is 5.47. The maximum Gasteiger partial charge on any atom is 0.306 e. The summed E-state index contributed by atoms with van der Waals surface area (Å²) < 4.78 is 0. The molecule has 1 saturated carbocycles. The Morgan fingerprint density at radius 2 is 1.83 bits per heavy atom. The van der Waals surface area contributed by atoms with E-state index in [0.717, 1.165) is 31.4 Å². The van der Waals surface area contributed by atoms with Gasteiger partial charge in [-0.3, -0.25) is 4.79 Å². The summed E-state index contributed by atoms with van der Waals surface area (Å²) in [5, 5.41) is 13.4. The van der Waals surface area contributed by atoms with Crippen LogP contribution >= 0.6 is 23.2 Å². The highest BCUT2D eigenvalue weighted by Crippen LogP contribution is 2.29. The van der Waals surface area contributed by atoms with Crippen LogP contribution in [0.5, 0.6) is 0 Å². The van der Waals surface area contributed by atoms with Crippen molar-refractivity contribution < 1.29 is 9.90 Å². The zero-order chi connectivity index (χ0) is 13.1. The predicted octanol–water partition coefficient (Wildman–Crippen LogP) is 4.05. The Morgan fingerprint density at radius 1 is 1.17 bits per heavy atom. The van der Waals surface area contributed by atoms with E-state index in [4.69, 9.17) is 28.3 Å². The number of hydrogen-bond acceptors (Lipinski definition) is 2. The van der Waals surface area contributed by atoms with Crippen molar-refractivity contribution in [1.29, 1.82) is 0 Å². The van der Waals surface area contributed by atoms with Gasteiger partial charge in [0.25, 0.3) is 0 Å². The molecule has 5 heteroatoms. The van der Waals surface area contributed by atoms with E-state index in [1.165, 1.54) is 0 Å². The molecule has 0 radical (unpaired) electrons. The molecule has 0 atom stereocenters. The van der Waals surface area contributed by atoms with E-state index in [2.05, 4.69) is 5.32 Å². The summed E-state index contributed by atoms with van der Waals surface area (Å²) in [7, 11) is 0. The van der Waals surface area contributed by atoms with Gasteiger partial charge >= 0.3 is 5.97 Å². The van der Waals surface area contributed by atoms with Crippen LogP contribution in [0.2, 0.25) is 10.0 Å². The molecule has 0 unspecified atom stereocenters. The fraction of sp³-hybridized carbons (Fsp3) is 0.462. The van der Waals surface area contributed by atoms with Crippen molar-refractivity contribution in [2.24, 2.45) is 5.92 Å². The van der Waals surface area contributed by atoms with E-state index in [1.54, 1.807) is 12.1 Å². The van der Waals surface area contributed by atoms with Gasteiger partial charge in [-0.15, -0.1) is 0 Å². The van der Waals surface area contributed by atoms with E-state index < -0.39 is 5.97 Å². The first-order chi connectivity index (χ1) is 8.56. The monoisotopic (exact) mass is 287 g/mol. The topological polar surface area (TPSA) is 49.3 Å². The van der Waals surface area contributed by atoms with Gasteiger partial charge in [0.2, 0.25) is 0 Å². The molecular formula is C13H15Cl2NO2. The number of carboxylic acid groups (broad SMARTS) is 1. The zero-order valence-corrected chi connectivity index (χ0v) is 11.3. The van der Waals surface area contributed by atoms with Gasteiger partial charge in [-0.25, -0.2) is 0 Å². The van der Waals surface area contributed by atoms with Gasteiger partial charge in [-0.2, -0.15) is 0 Å². The number of halogens is 2. The fourth-order valence-corrected chi connectivity index (χ4v) is 2.60. The van der Waals surface area contributed by atoms with Gasteiger partial charge in [0.1, 0.15) is 0 Å². The van der Waals surface area contributed by atoms with E-state index in [9.17, 15) is 4.79 Å². The number of carbonyl (C=O) groups is 1. The second kappa shape index (κ2) is 5.81. The summed E-state index contributed by atoms with van der Waals surface area (Å²) >= 11 is 11.8. The third kappa shape index (κ3) is 3.30. The lowest BCUT2D eigenvalue weighted by Gasteiger charge is -2.27. The van der Waals surface area contributed by atoms with Crippen LogP contribution in [0.4, 0.5) is 5.69 Å². The Morgan fingerprint density at radius 3 is 2.39 bits per heavy atom. The summed E-state index contributed by atoms with van der Waals surface area (Å²) in [6, 6.07) is 5.76. The Kier molecular flexibility index (Phi) is 4.36. The number of nitrogens with one attached hydrogen (secondary N) is 1. The highest BCUT2D eigenvalue weighted by atomic mass is 35.5. The van der Waals surface area contributed by atoms with Crippen molar-refractivity contribution in [3.05, 3.63) is 28.2 Å². The molecule has 1 aromatic carbocycles. The van der Waals surface area contributed by atoms with E-state index in [1.807, 2.05) is 6.07 Å². The van der Waals surface area contributed by atoms with Crippen LogP contribution in [-0.4, -0.2) is 17.1 Å². The molecule has 0 spiro atoms. The first-order valence-electron chi connectivity index (χ1n) is 6.00. The molecule has 3 nitrogen and oxygen atoms in total. The Hall–Kier alpha value is -0.930. The third-order valence-corrected chi connectivity index (χ3v) is 4.11. The van der Waals surface area contributed by atoms with Crippen LogP contribution in [0.1, 0.15) is 25.7 Å². The minimum absolute atomic E-state index is 0.183. The highest BCUT2D eigenvalue weighted by Gasteiger charge is 2.25. The minimum atomic E-state index is -0.678. The average molecular weight is 288 g/mol. The van der Waals surface area contributed by atoms with E-state index in [0.29, 0.717) is 16.1 Å². The normalized spacial score (nSPS) is 23.7. The van der Waals surface area contributed by atoms with Gasteiger partial charge in [-0.05, 0) is 43.9 Å². The molecule has 2 rings (SSSR count). The van der Waals surface area contributed by atoms with Crippen LogP contribution in [-0.2, 0) is 4.79 Å². The molecular weight excluding hydrogens is 273 g/mol. The molecule has 0 saturated heterocycles. The molecule has 0 aliphatic heterocycles. The molecule has 0 amide bonds. The quantitative estimate of drug-likeness (QED) is 0.882. The maximum absolute atomic E-state index is 10.8. The predicted molar refractivity (Wildman–Crippen MR) is 73.5 cm³/mol. The lowest BCUT2D eigenvalue weighted by molar-refractivity contribution is -0.142. The summed E-state index contributed by atoms with van der Waals surface area (Å²) in [6.07, 6.45) is 3.21. The molecule has 0 heterocycles. The van der Waals surface area contributed by atoms with Gasteiger partial charge in [0.15, 0.2) is 0 Å². The minimum Gasteiger partial charge on any atom is -0.481 e. The largest absolute Gasteiger partial charge is 0.481 e. The van der Waals surface area contributed by atoms with Crippen LogP contribution in [0.3, 0.4) is 0 Å². The highest BCUT2D eigenvalue weighted by molar-refractivity contribution is 6.42. The molecule has 1 aliphatic carbocycles. The zero-order valence-electron chi connectivity index (χ0n) is 9.83. The SMILES string of the molecule is O=C(O)C1CCC(Nc2ccc(Cl)c(Cl)c2)CC1. The molecule has 2 N–H and O–H groups in total. The average Bonchev–Trinajstić information content (AvgIpc) is 2.34. The van der Waals surface area contributed by atoms with Gasteiger partial charge in [0.05, 0.1) is 16.0 Å². The number of benzene rings is 1. The van der Waals surface area contributed by atoms with E-state index >= 15 is 0 Å². The summed E-state index contributed by atoms with van der Waals surface area (Å²) in [6.45, 7) is 0. The van der Waals surface area contributed by atoms with E-state index in [-0.39, 0.29) is 5.92 Å².